The number of carboxylic acids is 1. The molecular weight excluding hydrogens is 264 g/mol. The number of rotatable bonds is 5. The van der Waals surface area contributed by atoms with Crippen molar-refractivity contribution in [3.8, 4) is 0 Å². The van der Waals surface area contributed by atoms with Crippen molar-refractivity contribution in [1.29, 1.82) is 0 Å². The highest BCUT2D eigenvalue weighted by Crippen LogP contribution is 2.23. The number of carbonyl (C=O) groups excluding carboxylic acids is 1. The number of aliphatic carboxylic acids is 1. The number of ether oxygens (including phenoxy) is 1. The van der Waals surface area contributed by atoms with E-state index in [1.165, 1.54) is 0 Å². The van der Waals surface area contributed by atoms with Crippen LogP contribution in [0.1, 0.15) is 19.3 Å². The Labute approximate surface area is 118 Å². The van der Waals surface area contributed by atoms with Gasteiger partial charge in [0.05, 0.1) is 31.8 Å². The molecule has 7 heteroatoms. The summed E-state index contributed by atoms with van der Waals surface area (Å²) in [7, 11) is 0. The van der Waals surface area contributed by atoms with Crippen LogP contribution in [0.15, 0.2) is 0 Å². The number of nitrogens with zero attached hydrogens (tertiary/aromatic N) is 2. The molecule has 2 heterocycles. The molecule has 2 aliphatic rings. The van der Waals surface area contributed by atoms with Crippen molar-refractivity contribution in [3.63, 3.8) is 0 Å². The molecule has 2 fully saturated rings. The van der Waals surface area contributed by atoms with Crippen LogP contribution >= 0.6 is 0 Å². The minimum absolute atomic E-state index is 0.00294. The van der Waals surface area contributed by atoms with Gasteiger partial charge in [-0.3, -0.25) is 14.5 Å². The molecule has 20 heavy (non-hydrogen) atoms. The van der Waals surface area contributed by atoms with Gasteiger partial charge in [0, 0.05) is 32.6 Å². The lowest BCUT2D eigenvalue weighted by atomic mass is 10.0. The molecule has 0 aromatic rings. The second-order valence-electron chi connectivity index (χ2n) is 5.57. The number of amides is 1. The molecule has 0 aliphatic carbocycles. The van der Waals surface area contributed by atoms with Crippen molar-refractivity contribution in [3.05, 3.63) is 0 Å². The molecule has 0 aromatic heterocycles. The van der Waals surface area contributed by atoms with Gasteiger partial charge in [-0.15, -0.1) is 0 Å². The summed E-state index contributed by atoms with van der Waals surface area (Å²) in [5.41, 5.74) is -0.879. The first-order valence-electron chi connectivity index (χ1n) is 7.01. The number of carbonyl (C=O) groups is 2. The van der Waals surface area contributed by atoms with E-state index in [0.717, 1.165) is 13.1 Å². The van der Waals surface area contributed by atoms with Crippen molar-refractivity contribution >= 4 is 11.9 Å². The van der Waals surface area contributed by atoms with E-state index < -0.39 is 11.6 Å². The number of hydrogen-bond acceptors (Lipinski definition) is 5. The molecule has 0 bridgehead atoms. The molecule has 7 nitrogen and oxygen atoms in total. The zero-order valence-electron chi connectivity index (χ0n) is 11.6. The molecule has 0 unspecified atom stereocenters. The highest BCUT2D eigenvalue weighted by molar-refractivity contribution is 5.81. The van der Waals surface area contributed by atoms with Crippen LogP contribution in [0.25, 0.3) is 0 Å². The zero-order valence-corrected chi connectivity index (χ0v) is 11.6. The van der Waals surface area contributed by atoms with Crippen LogP contribution in [0.2, 0.25) is 0 Å². The van der Waals surface area contributed by atoms with E-state index in [0.29, 0.717) is 39.3 Å². The van der Waals surface area contributed by atoms with Crippen LogP contribution in [-0.4, -0.2) is 83.4 Å². The Balaban J connectivity index is 1.80. The van der Waals surface area contributed by atoms with Crippen LogP contribution in [-0.2, 0) is 14.3 Å². The van der Waals surface area contributed by atoms with Gasteiger partial charge in [-0.1, -0.05) is 0 Å². The van der Waals surface area contributed by atoms with Gasteiger partial charge in [0.15, 0.2) is 0 Å². The number of β-amino-alcohol motifs (C(OH)–C–C–N with tert-alkyl or cyclic N) is 1. The Morgan fingerprint density at radius 3 is 2.50 bits per heavy atom. The smallest absolute Gasteiger partial charge is 0.303 e. The number of aliphatic hydroxyl groups is 1. The summed E-state index contributed by atoms with van der Waals surface area (Å²) in [6, 6.07) is 0. The third kappa shape index (κ3) is 4.16. The molecule has 2 saturated heterocycles. The van der Waals surface area contributed by atoms with Gasteiger partial charge in [0.25, 0.3) is 0 Å². The quantitative estimate of drug-likeness (QED) is 0.684. The molecule has 0 spiro atoms. The zero-order chi connectivity index (χ0) is 14.6. The molecule has 2 rings (SSSR count). The first kappa shape index (κ1) is 15.2. The Bertz CT molecular complexity index is 370. The van der Waals surface area contributed by atoms with Crippen LogP contribution in [0.5, 0.6) is 0 Å². The van der Waals surface area contributed by atoms with Crippen molar-refractivity contribution in [2.24, 2.45) is 0 Å². The van der Waals surface area contributed by atoms with E-state index in [1.807, 2.05) is 0 Å². The predicted octanol–water partition coefficient (Wildman–Crippen LogP) is -0.853. The van der Waals surface area contributed by atoms with Gasteiger partial charge in [-0.05, 0) is 6.42 Å². The molecule has 0 aromatic carbocycles. The minimum atomic E-state index is -0.971. The molecule has 114 valence electrons. The third-order valence-corrected chi connectivity index (χ3v) is 3.86. The number of morpholine rings is 1. The van der Waals surface area contributed by atoms with Gasteiger partial charge in [0.2, 0.25) is 5.91 Å². The maximum Gasteiger partial charge on any atom is 0.303 e. The first-order valence-corrected chi connectivity index (χ1v) is 7.01. The van der Waals surface area contributed by atoms with Crippen LogP contribution in [0.4, 0.5) is 0 Å². The average Bonchev–Trinajstić information content (AvgIpc) is 2.79. The summed E-state index contributed by atoms with van der Waals surface area (Å²) >= 11 is 0. The minimum Gasteiger partial charge on any atom is -0.481 e. The van der Waals surface area contributed by atoms with Crippen LogP contribution in [0.3, 0.4) is 0 Å². The number of carboxylic acid groups (broad SMARTS) is 1. The van der Waals surface area contributed by atoms with E-state index in [1.54, 1.807) is 4.90 Å². The molecular formula is C13H22N2O5. The van der Waals surface area contributed by atoms with Crippen molar-refractivity contribution in [2.75, 3.05) is 45.9 Å². The fourth-order valence-corrected chi connectivity index (χ4v) is 2.75. The highest BCUT2D eigenvalue weighted by atomic mass is 16.5. The fourth-order valence-electron chi connectivity index (χ4n) is 2.75. The van der Waals surface area contributed by atoms with Gasteiger partial charge in [-0.2, -0.15) is 0 Å². The third-order valence-electron chi connectivity index (χ3n) is 3.86. The van der Waals surface area contributed by atoms with Crippen molar-refractivity contribution in [1.82, 2.24) is 9.80 Å². The monoisotopic (exact) mass is 286 g/mol. The topological polar surface area (TPSA) is 90.3 Å². The largest absolute Gasteiger partial charge is 0.481 e. The lowest BCUT2D eigenvalue weighted by molar-refractivity contribution is -0.140. The molecule has 2 aliphatic heterocycles. The van der Waals surface area contributed by atoms with Crippen molar-refractivity contribution < 1.29 is 24.5 Å². The van der Waals surface area contributed by atoms with Crippen molar-refractivity contribution in [2.45, 2.75) is 24.9 Å². The first-order chi connectivity index (χ1) is 9.48. The summed E-state index contributed by atoms with van der Waals surface area (Å²) in [5, 5.41) is 19.1. The lowest BCUT2D eigenvalue weighted by Gasteiger charge is -2.33. The summed E-state index contributed by atoms with van der Waals surface area (Å²) < 4.78 is 5.27. The number of hydrogen-bond donors (Lipinski definition) is 2. The predicted molar refractivity (Wildman–Crippen MR) is 70.3 cm³/mol. The molecule has 2 N–H and O–H groups in total. The van der Waals surface area contributed by atoms with Gasteiger partial charge in [0.1, 0.15) is 0 Å². The maximum atomic E-state index is 11.8. The fraction of sp³-hybridized carbons (Fsp3) is 0.846. The summed E-state index contributed by atoms with van der Waals surface area (Å²) in [6.45, 7) is 4.29. The Morgan fingerprint density at radius 1 is 1.15 bits per heavy atom. The van der Waals surface area contributed by atoms with E-state index >= 15 is 0 Å². The van der Waals surface area contributed by atoms with Gasteiger partial charge < -0.3 is 19.8 Å². The van der Waals surface area contributed by atoms with Crippen LogP contribution < -0.4 is 0 Å². The van der Waals surface area contributed by atoms with Gasteiger partial charge in [-0.25, -0.2) is 0 Å². The Kier molecular flexibility index (Phi) is 4.95. The van der Waals surface area contributed by atoms with E-state index in [9.17, 15) is 14.7 Å². The van der Waals surface area contributed by atoms with Gasteiger partial charge >= 0.3 is 5.97 Å². The standard InChI is InChI=1S/C13H22N2O5/c16-11(1-2-12(17)18)15-4-3-13(19,10-15)9-14-5-7-20-8-6-14/h19H,1-10H2,(H,17,18)/t13-/m0/s1. The van der Waals surface area contributed by atoms with E-state index in [4.69, 9.17) is 9.84 Å². The number of likely N-dealkylation sites (tertiary alicyclic amines) is 1. The second-order valence-corrected chi connectivity index (χ2v) is 5.57. The maximum absolute atomic E-state index is 11.8. The molecule has 0 radical (unpaired) electrons. The Hall–Kier alpha value is -1.18. The summed E-state index contributed by atoms with van der Waals surface area (Å²) in [4.78, 5) is 26.0. The molecule has 1 atom stereocenters. The highest BCUT2D eigenvalue weighted by Gasteiger charge is 2.39. The van der Waals surface area contributed by atoms with Crippen LogP contribution in [0, 0.1) is 0 Å². The van der Waals surface area contributed by atoms with E-state index in [2.05, 4.69) is 4.90 Å². The summed E-state index contributed by atoms with van der Waals surface area (Å²) in [5.74, 6) is -1.16. The Morgan fingerprint density at radius 2 is 1.85 bits per heavy atom. The normalized spacial score (nSPS) is 27.8. The van der Waals surface area contributed by atoms with E-state index in [-0.39, 0.29) is 18.7 Å². The second kappa shape index (κ2) is 6.51. The SMILES string of the molecule is O=C(O)CCC(=O)N1CC[C@](O)(CN2CCOCC2)C1. The molecule has 1 amide bonds. The summed E-state index contributed by atoms with van der Waals surface area (Å²) in [6.07, 6.45) is 0.392. The molecule has 0 saturated carbocycles. The average molecular weight is 286 g/mol. The lowest BCUT2D eigenvalue weighted by Crippen LogP contribution is -2.49.